The molecule has 334 valence electrons. The lowest BCUT2D eigenvalue weighted by atomic mass is 10.1. The molecule has 0 bridgehead atoms. The number of likely N-dealkylation sites (N-methyl/N-ethyl adjacent to an activating group) is 1. The summed E-state index contributed by atoms with van der Waals surface area (Å²) in [5, 5.41) is 0. The van der Waals surface area contributed by atoms with E-state index in [2.05, 4.69) is 98.9 Å². The zero-order valence-corrected chi connectivity index (χ0v) is 38.0. The lowest BCUT2D eigenvalue weighted by Crippen LogP contribution is -2.37. The summed E-state index contributed by atoms with van der Waals surface area (Å²) in [5.74, 6) is -0.932. The van der Waals surface area contributed by atoms with E-state index in [0.717, 1.165) is 89.9 Å². The molecule has 1 N–H and O–H groups in total. The third kappa shape index (κ3) is 36.5. The molecule has 0 saturated carbocycles. The number of epoxide rings is 1. The van der Waals surface area contributed by atoms with Crippen molar-refractivity contribution in [3.8, 4) is 0 Å². The van der Waals surface area contributed by atoms with Crippen molar-refractivity contribution in [1.82, 2.24) is 0 Å². The van der Waals surface area contributed by atoms with Crippen molar-refractivity contribution < 1.29 is 46.8 Å². The monoisotopic (exact) mass is 845 g/mol. The van der Waals surface area contributed by atoms with Crippen molar-refractivity contribution in [2.24, 2.45) is 0 Å². The molecule has 1 aliphatic rings. The van der Waals surface area contributed by atoms with E-state index in [1.54, 1.807) is 0 Å². The molecule has 1 saturated heterocycles. The van der Waals surface area contributed by atoms with E-state index in [4.69, 9.17) is 23.3 Å². The van der Waals surface area contributed by atoms with Gasteiger partial charge in [-0.3, -0.25) is 18.6 Å². The third-order valence-electron chi connectivity index (χ3n) is 9.03. The van der Waals surface area contributed by atoms with Crippen LogP contribution in [-0.4, -0.2) is 87.1 Å². The molecule has 1 heterocycles. The van der Waals surface area contributed by atoms with Crippen LogP contribution >= 0.6 is 7.82 Å². The molecule has 1 fully saturated rings. The summed E-state index contributed by atoms with van der Waals surface area (Å²) in [6.45, 7) is 4.05. The topological polar surface area (TPSA) is 121 Å². The van der Waals surface area contributed by atoms with Crippen LogP contribution < -0.4 is 0 Å². The van der Waals surface area contributed by atoms with Gasteiger partial charge in [-0.2, -0.15) is 0 Å². The van der Waals surface area contributed by atoms with E-state index >= 15 is 0 Å². The quantitative estimate of drug-likeness (QED) is 0.0163. The molecule has 1 rings (SSSR count). The van der Waals surface area contributed by atoms with Gasteiger partial charge in [0.15, 0.2) is 6.10 Å². The van der Waals surface area contributed by atoms with Crippen LogP contribution in [0.4, 0.5) is 0 Å². The summed E-state index contributed by atoms with van der Waals surface area (Å²) in [5.41, 5.74) is 0. The summed E-state index contributed by atoms with van der Waals surface area (Å²) < 4.78 is 39.9. The van der Waals surface area contributed by atoms with Gasteiger partial charge in [-0.05, 0) is 83.5 Å². The highest BCUT2D eigenvalue weighted by Crippen LogP contribution is 2.43. The number of allylic oxidation sites excluding steroid dienone is 14. The number of quaternary nitrogens is 1. The summed E-state index contributed by atoms with van der Waals surface area (Å²) in [6, 6.07) is 0. The fourth-order valence-corrected chi connectivity index (χ4v) is 6.25. The first-order chi connectivity index (χ1) is 28.5. The van der Waals surface area contributed by atoms with Crippen LogP contribution in [0.5, 0.6) is 0 Å². The molecule has 0 aromatic rings. The van der Waals surface area contributed by atoms with Gasteiger partial charge < -0.3 is 23.6 Å². The SMILES string of the molecule is CC/C=C\C/C=C\C/C=C\CCCCCCCC(=O)O[C@H](COC(=O)CC/C=C\C/C=C\C/C=C\C/C=C\CC1OC1C/C=C\CC)COP(=O)(O)OCC[N+](C)(C)C. The fraction of sp³-hybridized carbons (Fsp3) is 0.625. The van der Waals surface area contributed by atoms with E-state index in [1.165, 1.54) is 0 Å². The number of esters is 2. The van der Waals surface area contributed by atoms with Gasteiger partial charge in [-0.1, -0.05) is 130 Å². The van der Waals surface area contributed by atoms with Crippen LogP contribution in [0, 0.1) is 0 Å². The van der Waals surface area contributed by atoms with Gasteiger partial charge >= 0.3 is 19.8 Å². The second kappa shape index (κ2) is 35.6. The normalized spacial score (nSPS) is 17.9. The number of ether oxygens (including phenoxy) is 3. The number of unbranched alkanes of at least 4 members (excludes halogenated alkanes) is 5. The van der Waals surface area contributed by atoms with Gasteiger partial charge in [-0.15, -0.1) is 0 Å². The van der Waals surface area contributed by atoms with Crippen LogP contribution in [0.1, 0.15) is 129 Å². The Morgan fingerprint density at radius 1 is 0.610 bits per heavy atom. The third-order valence-corrected chi connectivity index (χ3v) is 10.0. The van der Waals surface area contributed by atoms with Gasteiger partial charge in [0.25, 0.3) is 0 Å². The fourth-order valence-electron chi connectivity index (χ4n) is 5.51. The highest BCUT2D eigenvalue weighted by atomic mass is 31.2. The molecule has 0 aromatic carbocycles. The van der Waals surface area contributed by atoms with Crippen molar-refractivity contribution in [3.63, 3.8) is 0 Å². The molecule has 10 nitrogen and oxygen atoms in total. The maximum absolute atomic E-state index is 12.7. The Labute approximate surface area is 358 Å². The highest BCUT2D eigenvalue weighted by molar-refractivity contribution is 7.47. The van der Waals surface area contributed by atoms with Crippen molar-refractivity contribution in [2.75, 3.05) is 47.5 Å². The standard InChI is InChI=1S/C48H78NO9P/c1-6-8-10-11-12-13-14-15-16-17-22-25-28-31-35-39-48(51)57-44(43-56-59(52,53)55-41-40-49(3,4)5)42-54-47(50)38-34-30-27-24-21-19-18-20-23-26-29-33-37-46-45(58-46)36-32-9-7-2/h8-10,12-13,15-16,19-21,23,27,29-30,32-33,44-46H,6-7,11,14,17-18,22,24-26,28,31,34-43H2,1-5H3/p+1/b10-8-,13-12-,16-15-,21-19-,23-20-,30-27-,32-9-,33-29-/t44-,45?,46?/m1/s1. The number of phosphoric acid groups is 1. The lowest BCUT2D eigenvalue weighted by Gasteiger charge is -2.24. The Morgan fingerprint density at radius 3 is 1.69 bits per heavy atom. The van der Waals surface area contributed by atoms with Crippen LogP contribution in [-0.2, 0) is 37.4 Å². The minimum atomic E-state index is -4.41. The van der Waals surface area contributed by atoms with Crippen molar-refractivity contribution in [2.45, 2.75) is 148 Å². The Bertz CT molecular complexity index is 1390. The van der Waals surface area contributed by atoms with Crippen molar-refractivity contribution in [1.29, 1.82) is 0 Å². The molecule has 59 heavy (non-hydrogen) atoms. The van der Waals surface area contributed by atoms with Gasteiger partial charge in [0.2, 0.25) is 0 Å². The van der Waals surface area contributed by atoms with E-state index in [9.17, 15) is 19.0 Å². The molecular weight excluding hydrogens is 766 g/mol. The molecule has 11 heteroatoms. The minimum absolute atomic E-state index is 0.00909. The Morgan fingerprint density at radius 2 is 1.10 bits per heavy atom. The highest BCUT2D eigenvalue weighted by Gasteiger charge is 2.36. The van der Waals surface area contributed by atoms with E-state index in [1.807, 2.05) is 33.3 Å². The molecular formula is C48H79NO9P+. The maximum Gasteiger partial charge on any atom is 0.472 e. The summed E-state index contributed by atoms with van der Waals surface area (Å²) in [4.78, 5) is 35.4. The Hall–Kier alpha value is -3.11. The predicted molar refractivity (Wildman–Crippen MR) is 242 cm³/mol. The molecule has 4 atom stereocenters. The molecule has 0 amide bonds. The lowest BCUT2D eigenvalue weighted by molar-refractivity contribution is -0.870. The molecule has 0 aliphatic carbocycles. The zero-order valence-electron chi connectivity index (χ0n) is 37.1. The number of nitrogens with zero attached hydrogens (tertiary/aromatic N) is 1. The van der Waals surface area contributed by atoms with Crippen LogP contribution in [0.25, 0.3) is 0 Å². The number of carbonyl (C=O) groups is 2. The van der Waals surface area contributed by atoms with Crippen LogP contribution in [0.2, 0.25) is 0 Å². The molecule has 0 radical (unpaired) electrons. The summed E-state index contributed by atoms with van der Waals surface area (Å²) >= 11 is 0. The zero-order chi connectivity index (χ0) is 43.3. The number of rotatable bonds is 37. The second-order valence-corrected chi connectivity index (χ2v) is 17.2. The number of hydrogen-bond acceptors (Lipinski definition) is 8. The first-order valence-electron chi connectivity index (χ1n) is 22.1. The van der Waals surface area contributed by atoms with Crippen molar-refractivity contribution in [3.05, 3.63) is 97.2 Å². The van der Waals surface area contributed by atoms with Gasteiger partial charge in [0.05, 0.1) is 40.0 Å². The molecule has 1 aliphatic heterocycles. The van der Waals surface area contributed by atoms with Gasteiger partial charge in [0, 0.05) is 12.8 Å². The first kappa shape index (κ1) is 53.9. The molecule has 0 spiro atoms. The van der Waals surface area contributed by atoms with E-state index < -0.39 is 32.5 Å². The predicted octanol–water partition coefficient (Wildman–Crippen LogP) is 11.6. The summed E-state index contributed by atoms with van der Waals surface area (Å²) in [7, 11) is 1.40. The average Bonchev–Trinajstić information content (AvgIpc) is 3.94. The van der Waals surface area contributed by atoms with E-state index in [0.29, 0.717) is 36.1 Å². The second-order valence-electron chi connectivity index (χ2n) is 15.7. The number of phosphoric ester groups is 1. The largest absolute Gasteiger partial charge is 0.472 e. The van der Waals surface area contributed by atoms with Gasteiger partial charge in [-0.25, -0.2) is 4.57 Å². The smallest absolute Gasteiger partial charge is 0.462 e. The first-order valence-corrected chi connectivity index (χ1v) is 23.6. The minimum Gasteiger partial charge on any atom is -0.462 e. The number of carbonyl (C=O) groups excluding carboxylic acids is 2. The Kier molecular flexibility index (Phi) is 32.6. The maximum atomic E-state index is 12.7. The Balaban J connectivity index is 2.34. The van der Waals surface area contributed by atoms with E-state index in [-0.39, 0.29) is 26.1 Å². The van der Waals surface area contributed by atoms with Crippen LogP contribution in [0.15, 0.2) is 97.2 Å². The number of hydrogen-bond donors (Lipinski definition) is 1. The summed E-state index contributed by atoms with van der Waals surface area (Å²) in [6.07, 6.45) is 49.4. The molecule has 3 unspecified atom stereocenters. The average molecular weight is 845 g/mol. The van der Waals surface area contributed by atoms with Crippen LogP contribution in [0.3, 0.4) is 0 Å². The molecule has 0 aromatic heterocycles. The van der Waals surface area contributed by atoms with Gasteiger partial charge in [0.1, 0.15) is 19.8 Å². The van der Waals surface area contributed by atoms with Crippen molar-refractivity contribution >= 4 is 19.8 Å².